The van der Waals surface area contributed by atoms with Gasteiger partial charge >= 0.3 is 0 Å². The molecule has 0 aliphatic carbocycles. The molecule has 2 nitrogen and oxygen atoms in total. The number of para-hydroxylation sites is 1. The fourth-order valence-corrected chi connectivity index (χ4v) is 1.71. The molecule has 0 atom stereocenters. The van der Waals surface area contributed by atoms with Crippen LogP contribution >= 0.6 is 0 Å². The van der Waals surface area contributed by atoms with Gasteiger partial charge < -0.3 is 9.72 Å². The van der Waals surface area contributed by atoms with Crippen molar-refractivity contribution in [1.29, 1.82) is 0 Å². The Morgan fingerprint density at radius 2 is 2.00 bits per heavy atom. The Balaban J connectivity index is 2.53. The van der Waals surface area contributed by atoms with Crippen molar-refractivity contribution in [2.24, 2.45) is 0 Å². The first-order valence-corrected chi connectivity index (χ1v) is 4.60. The monoisotopic (exact) mass is 201 g/mol. The standard InChI is InChI=1S/C13H11NO/c1-15-9-6-7-11-10-4-2-3-5-12(10)14-13(11)8-9/h2-8,14H,1H3/i2D,3D,4D,5D. The van der Waals surface area contributed by atoms with Crippen molar-refractivity contribution < 1.29 is 10.2 Å². The number of H-pyrrole nitrogens is 1. The van der Waals surface area contributed by atoms with Crippen LogP contribution in [0.15, 0.2) is 42.4 Å². The molecule has 0 fully saturated rings. The number of methoxy groups -OCH3 is 1. The lowest BCUT2D eigenvalue weighted by atomic mass is 10.1. The molecule has 0 aliphatic heterocycles. The lowest BCUT2D eigenvalue weighted by Gasteiger charge is -1.98. The molecular weight excluding hydrogens is 186 g/mol. The second kappa shape index (κ2) is 3.02. The van der Waals surface area contributed by atoms with Gasteiger partial charge in [0.15, 0.2) is 0 Å². The van der Waals surface area contributed by atoms with Crippen molar-refractivity contribution in [2.45, 2.75) is 0 Å². The van der Waals surface area contributed by atoms with Crippen molar-refractivity contribution >= 4 is 21.8 Å². The Morgan fingerprint density at radius 3 is 2.87 bits per heavy atom. The van der Waals surface area contributed by atoms with Gasteiger partial charge in [0.25, 0.3) is 0 Å². The number of hydrogen-bond donors (Lipinski definition) is 1. The van der Waals surface area contributed by atoms with Gasteiger partial charge in [0.2, 0.25) is 0 Å². The molecule has 15 heavy (non-hydrogen) atoms. The van der Waals surface area contributed by atoms with E-state index >= 15 is 0 Å². The zero-order chi connectivity index (χ0) is 13.7. The summed E-state index contributed by atoms with van der Waals surface area (Å²) in [6.45, 7) is 0. The van der Waals surface area contributed by atoms with Gasteiger partial charge in [0, 0.05) is 22.4 Å². The summed E-state index contributed by atoms with van der Waals surface area (Å²) in [7, 11) is 1.57. The number of aromatic amines is 1. The summed E-state index contributed by atoms with van der Waals surface area (Å²) in [5.74, 6) is 0.675. The Morgan fingerprint density at radius 1 is 1.13 bits per heavy atom. The van der Waals surface area contributed by atoms with Crippen LogP contribution in [0.25, 0.3) is 21.8 Å². The maximum absolute atomic E-state index is 7.98. The van der Waals surface area contributed by atoms with Crippen LogP contribution in [-0.2, 0) is 0 Å². The average Bonchev–Trinajstić information content (AvgIpc) is 2.81. The second-order valence-corrected chi connectivity index (χ2v) is 3.29. The lowest BCUT2D eigenvalue weighted by Crippen LogP contribution is -1.80. The van der Waals surface area contributed by atoms with Crippen LogP contribution in [-0.4, -0.2) is 12.1 Å². The Bertz CT molecular complexity index is 810. The topological polar surface area (TPSA) is 25.0 Å². The maximum Gasteiger partial charge on any atom is 0.120 e. The zero-order valence-corrected chi connectivity index (χ0v) is 8.14. The fourth-order valence-electron chi connectivity index (χ4n) is 1.71. The zero-order valence-electron chi connectivity index (χ0n) is 12.1. The largest absolute Gasteiger partial charge is 0.497 e. The van der Waals surface area contributed by atoms with Gasteiger partial charge in [-0.2, -0.15) is 0 Å². The van der Waals surface area contributed by atoms with Crippen LogP contribution in [0.5, 0.6) is 5.75 Å². The highest BCUT2D eigenvalue weighted by Crippen LogP contribution is 2.27. The minimum Gasteiger partial charge on any atom is -0.497 e. The summed E-state index contributed by atoms with van der Waals surface area (Å²) >= 11 is 0. The van der Waals surface area contributed by atoms with Gasteiger partial charge in [-0.05, 0) is 18.2 Å². The molecule has 1 aromatic heterocycles. The number of nitrogens with one attached hydrogen (secondary N) is 1. The van der Waals surface area contributed by atoms with Crippen molar-refractivity contribution in [3.63, 3.8) is 0 Å². The first-order chi connectivity index (χ1) is 9.04. The van der Waals surface area contributed by atoms with Gasteiger partial charge in [-0.25, -0.2) is 0 Å². The van der Waals surface area contributed by atoms with Crippen LogP contribution < -0.4 is 4.74 Å². The number of benzene rings is 2. The third kappa shape index (κ3) is 1.18. The molecule has 2 aromatic carbocycles. The molecule has 0 saturated carbocycles. The molecule has 0 amide bonds. The van der Waals surface area contributed by atoms with Crippen LogP contribution in [0, 0.1) is 0 Å². The minimum absolute atomic E-state index is 0.0209. The summed E-state index contributed by atoms with van der Waals surface area (Å²) in [5.41, 5.74) is 1.16. The third-order valence-electron chi connectivity index (χ3n) is 2.44. The Labute approximate surface area is 93.1 Å². The van der Waals surface area contributed by atoms with Crippen molar-refractivity contribution in [3.05, 3.63) is 42.4 Å². The van der Waals surface area contributed by atoms with E-state index in [-0.39, 0.29) is 24.2 Å². The van der Waals surface area contributed by atoms with E-state index in [0.717, 1.165) is 10.9 Å². The van der Waals surface area contributed by atoms with E-state index in [2.05, 4.69) is 4.98 Å². The molecule has 3 aromatic rings. The predicted molar refractivity (Wildman–Crippen MR) is 62.4 cm³/mol. The minimum atomic E-state index is -0.226. The molecule has 1 heterocycles. The van der Waals surface area contributed by atoms with Crippen LogP contribution in [0.3, 0.4) is 0 Å². The van der Waals surface area contributed by atoms with Gasteiger partial charge in [-0.3, -0.25) is 0 Å². The SMILES string of the molecule is [2H]c1c([2H])c([2H])c2c([nH]c3cc(OC)ccc32)c1[2H]. The number of fused-ring (bicyclic) bond motifs is 3. The van der Waals surface area contributed by atoms with E-state index in [1.807, 2.05) is 0 Å². The molecule has 0 bridgehead atoms. The van der Waals surface area contributed by atoms with Gasteiger partial charge in [0.1, 0.15) is 5.75 Å². The van der Waals surface area contributed by atoms with E-state index in [9.17, 15) is 0 Å². The number of ether oxygens (including phenoxy) is 1. The normalized spacial score (nSPS) is 14.7. The smallest absolute Gasteiger partial charge is 0.120 e. The number of hydrogen-bond acceptors (Lipinski definition) is 1. The van der Waals surface area contributed by atoms with Crippen LogP contribution in [0.1, 0.15) is 5.48 Å². The first kappa shape index (κ1) is 5.21. The van der Waals surface area contributed by atoms with Gasteiger partial charge in [0.05, 0.1) is 18.1 Å². The predicted octanol–water partition coefficient (Wildman–Crippen LogP) is 3.33. The highest BCUT2D eigenvalue weighted by atomic mass is 16.5. The Kier molecular flexibility index (Phi) is 1.05. The average molecular weight is 201 g/mol. The summed E-state index contributed by atoms with van der Waals surface area (Å²) in [4.78, 5) is 3.04. The molecule has 0 spiro atoms. The van der Waals surface area contributed by atoms with Gasteiger partial charge in [-0.15, -0.1) is 0 Å². The van der Waals surface area contributed by atoms with Crippen molar-refractivity contribution in [1.82, 2.24) is 4.98 Å². The van der Waals surface area contributed by atoms with Crippen molar-refractivity contribution in [3.8, 4) is 5.75 Å². The highest BCUT2D eigenvalue weighted by Gasteiger charge is 2.03. The molecule has 0 aliphatic rings. The van der Waals surface area contributed by atoms with Crippen LogP contribution in [0.2, 0.25) is 0 Å². The molecule has 2 heteroatoms. The van der Waals surface area contributed by atoms with E-state index in [1.54, 1.807) is 25.3 Å². The fraction of sp³-hybridized carbons (Fsp3) is 0.0769. The first-order valence-electron chi connectivity index (χ1n) is 6.60. The summed E-state index contributed by atoms with van der Waals surface area (Å²) in [6, 6.07) is 4.84. The van der Waals surface area contributed by atoms with Crippen LogP contribution in [0.4, 0.5) is 0 Å². The molecule has 3 rings (SSSR count). The maximum atomic E-state index is 7.98. The van der Waals surface area contributed by atoms with E-state index in [0.29, 0.717) is 16.7 Å². The second-order valence-electron chi connectivity index (χ2n) is 3.29. The van der Waals surface area contributed by atoms with Gasteiger partial charge in [-0.1, -0.05) is 18.1 Å². The van der Waals surface area contributed by atoms with E-state index in [4.69, 9.17) is 10.2 Å². The molecule has 0 unspecified atom stereocenters. The molecule has 0 saturated heterocycles. The molecular formula is C13H11NO. The molecule has 0 radical (unpaired) electrons. The third-order valence-corrected chi connectivity index (χ3v) is 2.44. The lowest BCUT2D eigenvalue weighted by molar-refractivity contribution is 0.415. The summed E-state index contributed by atoms with van der Waals surface area (Å²) < 4.78 is 36.4. The quantitative estimate of drug-likeness (QED) is 0.641. The Hall–Kier alpha value is -1.96. The van der Waals surface area contributed by atoms with E-state index in [1.165, 1.54) is 0 Å². The van der Waals surface area contributed by atoms with E-state index < -0.39 is 0 Å². The van der Waals surface area contributed by atoms with Crippen molar-refractivity contribution in [2.75, 3.05) is 7.11 Å². The number of rotatable bonds is 1. The molecule has 1 N–H and O–H groups in total. The highest BCUT2D eigenvalue weighted by molar-refractivity contribution is 6.07. The number of aromatic nitrogens is 1. The molecule has 74 valence electrons. The summed E-state index contributed by atoms with van der Waals surface area (Å²) in [6.07, 6.45) is 0. The summed E-state index contributed by atoms with van der Waals surface area (Å²) in [5, 5.41) is 1.28.